The van der Waals surface area contributed by atoms with Crippen molar-refractivity contribution in [3.8, 4) is 11.5 Å². The number of esters is 2. The van der Waals surface area contributed by atoms with Gasteiger partial charge in [-0.3, -0.25) is 9.59 Å². The summed E-state index contributed by atoms with van der Waals surface area (Å²) >= 11 is 0. The van der Waals surface area contributed by atoms with Crippen LogP contribution in [0.5, 0.6) is 11.5 Å². The van der Waals surface area contributed by atoms with Crippen LogP contribution in [0.1, 0.15) is 72.2 Å². The molecule has 0 atom stereocenters. The molecule has 0 aliphatic heterocycles. The van der Waals surface area contributed by atoms with Gasteiger partial charge in [-0.2, -0.15) is 5.10 Å². The van der Waals surface area contributed by atoms with Crippen LogP contribution in [0, 0.1) is 0 Å². The maximum absolute atomic E-state index is 11.7. The number of aliphatic hydroxyl groups is 1. The Morgan fingerprint density at radius 1 is 0.811 bits per heavy atom. The Balaban J connectivity index is 0.000000402. The van der Waals surface area contributed by atoms with Gasteiger partial charge in [0.2, 0.25) is 0 Å². The Bertz CT molecular complexity index is 1160. The molecule has 1 heterocycles. The first-order valence-electron chi connectivity index (χ1n) is 12.0. The van der Waals surface area contributed by atoms with E-state index in [1.54, 1.807) is 24.3 Å². The van der Waals surface area contributed by atoms with Crippen molar-refractivity contribution >= 4 is 23.4 Å². The molecule has 2 aromatic carbocycles. The van der Waals surface area contributed by atoms with Gasteiger partial charge < -0.3 is 19.9 Å². The molecule has 8 nitrogen and oxygen atoms in total. The molecule has 3 rings (SSSR count). The van der Waals surface area contributed by atoms with E-state index in [4.69, 9.17) is 14.6 Å². The third kappa shape index (κ3) is 9.31. The van der Waals surface area contributed by atoms with Gasteiger partial charge in [-0.15, -0.1) is 5.10 Å². The quantitative estimate of drug-likeness (QED) is 0.327. The predicted octanol–water partition coefficient (Wildman–Crippen LogP) is 5.84. The number of carbonyl (C=O) groups is 2. The van der Waals surface area contributed by atoms with Gasteiger partial charge in [0, 0.05) is 30.7 Å². The van der Waals surface area contributed by atoms with E-state index in [0.717, 1.165) is 16.8 Å². The predicted molar refractivity (Wildman–Crippen MR) is 144 cm³/mol. The summed E-state index contributed by atoms with van der Waals surface area (Å²) in [7, 11) is 0. The number of carbonyl (C=O) groups excluding carboxylic acids is 2. The molecule has 1 aromatic heterocycles. The van der Waals surface area contributed by atoms with Gasteiger partial charge in [0.15, 0.2) is 5.82 Å². The summed E-state index contributed by atoms with van der Waals surface area (Å²) in [6.07, 6.45) is 0. The number of anilines is 2. The minimum atomic E-state index is -0.336. The summed E-state index contributed by atoms with van der Waals surface area (Å²) in [6, 6.07) is 16.4. The van der Waals surface area contributed by atoms with Crippen LogP contribution in [0.3, 0.4) is 0 Å². The highest BCUT2D eigenvalue weighted by Crippen LogP contribution is 2.42. The third-order valence-corrected chi connectivity index (χ3v) is 5.11. The number of nitrogens with one attached hydrogen (secondary N) is 1. The van der Waals surface area contributed by atoms with Gasteiger partial charge in [0.05, 0.1) is 12.3 Å². The number of ether oxygens (including phenoxy) is 2. The lowest BCUT2D eigenvalue weighted by atomic mass is 9.79. The largest absolute Gasteiger partial charge is 0.427 e. The van der Waals surface area contributed by atoms with Crippen molar-refractivity contribution in [2.45, 2.75) is 72.8 Å². The van der Waals surface area contributed by atoms with Crippen LogP contribution in [0.15, 0.2) is 54.6 Å². The second-order valence-corrected chi connectivity index (χ2v) is 10.6. The highest BCUT2D eigenvalue weighted by Gasteiger charge is 2.29. The molecule has 0 aliphatic carbocycles. The fraction of sp³-hybridized carbons (Fsp3) is 0.379. The molecule has 0 unspecified atom stereocenters. The van der Waals surface area contributed by atoms with Crippen LogP contribution in [-0.4, -0.2) is 27.2 Å². The van der Waals surface area contributed by atoms with E-state index >= 15 is 0 Å². The van der Waals surface area contributed by atoms with Crippen LogP contribution < -0.4 is 14.8 Å². The summed E-state index contributed by atoms with van der Waals surface area (Å²) in [5.74, 6) is 1.17. The lowest BCUT2D eigenvalue weighted by molar-refractivity contribution is -0.132. The first-order valence-corrected chi connectivity index (χ1v) is 12.0. The number of hydrogen-bond acceptors (Lipinski definition) is 8. The van der Waals surface area contributed by atoms with E-state index in [1.807, 2.05) is 30.3 Å². The Labute approximate surface area is 219 Å². The van der Waals surface area contributed by atoms with Gasteiger partial charge in [0.1, 0.15) is 11.5 Å². The normalized spacial score (nSPS) is 11.2. The van der Waals surface area contributed by atoms with E-state index in [9.17, 15) is 9.59 Å². The van der Waals surface area contributed by atoms with Gasteiger partial charge in [-0.25, -0.2) is 0 Å². The number of aliphatic hydroxyl groups excluding tert-OH is 1. The van der Waals surface area contributed by atoms with Crippen molar-refractivity contribution in [2.75, 3.05) is 5.32 Å². The minimum Gasteiger partial charge on any atom is -0.427 e. The van der Waals surface area contributed by atoms with E-state index in [0.29, 0.717) is 23.0 Å². The summed E-state index contributed by atoms with van der Waals surface area (Å²) in [5, 5.41) is 20.4. The van der Waals surface area contributed by atoms with Crippen molar-refractivity contribution < 1.29 is 24.2 Å². The number of nitrogens with zero attached hydrogens (tertiary/aromatic N) is 2. The van der Waals surface area contributed by atoms with Gasteiger partial charge in [0.25, 0.3) is 0 Å². The number of hydrogen-bond donors (Lipinski definition) is 2. The second-order valence-electron chi connectivity index (χ2n) is 10.6. The zero-order valence-corrected chi connectivity index (χ0v) is 22.9. The minimum absolute atomic E-state index is 0.146. The summed E-state index contributed by atoms with van der Waals surface area (Å²) < 4.78 is 10.4. The molecule has 0 saturated carbocycles. The van der Waals surface area contributed by atoms with Gasteiger partial charge in [-0.1, -0.05) is 59.7 Å². The van der Waals surface area contributed by atoms with Gasteiger partial charge in [-0.05, 0) is 47.2 Å². The highest BCUT2D eigenvalue weighted by atomic mass is 16.5. The molecular weight excluding hydrogens is 470 g/mol. The number of rotatable bonds is 5. The maximum Gasteiger partial charge on any atom is 0.308 e. The number of para-hydroxylation sites is 1. The van der Waals surface area contributed by atoms with Crippen molar-refractivity contribution in [3.63, 3.8) is 0 Å². The third-order valence-electron chi connectivity index (χ3n) is 5.11. The Morgan fingerprint density at radius 3 is 1.76 bits per heavy atom. The molecule has 3 aromatic rings. The zero-order valence-electron chi connectivity index (χ0n) is 22.9. The lowest BCUT2D eigenvalue weighted by Gasteiger charge is -2.30. The molecule has 2 N–H and O–H groups in total. The summed E-state index contributed by atoms with van der Waals surface area (Å²) in [5.41, 5.74) is 2.77. The van der Waals surface area contributed by atoms with E-state index < -0.39 is 0 Å². The van der Waals surface area contributed by atoms with Crippen molar-refractivity contribution in [2.24, 2.45) is 0 Å². The van der Waals surface area contributed by atoms with Crippen LogP contribution in [0.4, 0.5) is 11.5 Å². The SMILES string of the molecule is CC(=O)Oc1c(C(C)(C)C)cc(Nc2ccc(CO)nn2)cc1C(C)(C)C.CC(=O)Oc1ccccc1. The number of aromatic nitrogens is 2. The average molecular weight is 508 g/mol. The van der Waals surface area contributed by atoms with Crippen molar-refractivity contribution in [1.29, 1.82) is 0 Å². The summed E-state index contributed by atoms with van der Waals surface area (Å²) in [6.45, 7) is 15.2. The monoisotopic (exact) mass is 507 g/mol. The first-order chi connectivity index (χ1) is 17.2. The standard InChI is InChI=1S/C21H29N3O3.C8H8O2/c1-13(26)27-19-16(20(2,3)4)10-15(11-17(19)21(5,6)7)22-18-9-8-14(12-25)23-24-18;1-7(9)10-8-5-3-2-4-6-8/h8-11,25H,12H2,1-7H3,(H,22,24);2-6H,1H3. The molecule has 0 radical (unpaired) electrons. The molecule has 8 heteroatoms. The Kier molecular flexibility index (Phi) is 9.91. The van der Waals surface area contributed by atoms with Crippen LogP contribution in [-0.2, 0) is 27.0 Å². The Hall–Kier alpha value is -3.78. The molecule has 0 fully saturated rings. The van der Waals surface area contributed by atoms with Crippen LogP contribution in [0.2, 0.25) is 0 Å². The van der Waals surface area contributed by atoms with E-state index in [1.165, 1.54) is 13.8 Å². The van der Waals surface area contributed by atoms with Crippen molar-refractivity contribution in [3.05, 3.63) is 71.4 Å². The Morgan fingerprint density at radius 2 is 1.35 bits per heavy atom. The fourth-order valence-electron chi connectivity index (χ4n) is 3.38. The molecule has 0 aliphatic rings. The average Bonchev–Trinajstić information content (AvgIpc) is 2.79. The molecule has 37 heavy (non-hydrogen) atoms. The fourth-order valence-corrected chi connectivity index (χ4v) is 3.38. The topological polar surface area (TPSA) is 111 Å². The first kappa shape index (κ1) is 29.5. The molecule has 0 saturated heterocycles. The maximum atomic E-state index is 11.7. The lowest BCUT2D eigenvalue weighted by Crippen LogP contribution is -2.21. The smallest absolute Gasteiger partial charge is 0.308 e. The van der Waals surface area contributed by atoms with Crippen LogP contribution >= 0.6 is 0 Å². The van der Waals surface area contributed by atoms with E-state index in [-0.39, 0.29) is 29.4 Å². The molecular formula is C29H37N3O5. The van der Waals surface area contributed by atoms with Gasteiger partial charge >= 0.3 is 11.9 Å². The molecule has 0 amide bonds. The molecule has 198 valence electrons. The molecule has 0 bridgehead atoms. The zero-order chi connectivity index (χ0) is 27.8. The van der Waals surface area contributed by atoms with E-state index in [2.05, 4.69) is 57.1 Å². The summed E-state index contributed by atoms with van der Waals surface area (Å²) in [4.78, 5) is 22.1. The second kappa shape index (κ2) is 12.5. The molecule has 0 spiro atoms. The van der Waals surface area contributed by atoms with Crippen LogP contribution in [0.25, 0.3) is 0 Å². The van der Waals surface area contributed by atoms with Crippen molar-refractivity contribution in [1.82, 2.24) is 10.2 Å². The highest BCUT2D eigenvalue weighted by molar-refractivity contribution is 5.73. The number of benzene rings is 2.